The molecule has 1 aromatic carbocycles. The molecule has 0 amide bonds. The average Bonchev–Trinajstić information content (AvgIpc) is 2.82. The Balaban J connectivity index is 1.87. The van der Waals surface area contributed by atoms with Crippen LogP contribution in [-0.2, 0) is 6.42 Å². The normalized spacial score (nSPS) is 17.6. The van der Waals surface area contributed by atoms with E-state index >= 15 is 0 Å². The molecule has 1 aliphatic heterocycles. The predicted octanol–water partition coefficient (Wildman–Crippen LogP) is 3.88. The zero-order chi connectivity index (χ0) is 12.5. The second-order valence-corrected chi connectivity index (χ2v) is 5.08. The van der Waals surface area contributed by atoms with Crippen molar-refractivity contribution in [2.24, 2.45) is 0 Å². The molecular formula is C16H17NO. The smallest absolute Gasteiger partial charge is 0.217 e. The molecule has 2 aromatic rings. The molecule has 0 fully saturated rings. The van der Waals surface area contributed by atoms with Crippen molar-refractivity contribution in [1.82, 2.24) is 4.98 Å². The molecule has 1 atom stereocenters. The van der Waals surface area contributed by atoms with Gasteiger partial charge in [0.2, 0.25) is 5.88 Å². The number of hydrogen-bond donors (Lipinski definition) is 0. The fourth-order valence-electron chi connectivity index (χ4n) is 2.29. The number of rotatable bonds is 2. The lowest BCUT2D eigenvalue weighted by Gasteiger charge is -2.10. The van der Waals surface area contributed by atoms with Gasteiger partial charge in [0.15, 0.2) is 0 Å². The van der Waals surface area contributed by atoms with Crippen molar-refractivity contribution in [3.05, 3.63) is 59.3 Å². The maximum atomic E-state index is 5.97. The van der Waals surface area contributed by atoms with E-state index in [-0.39, 0.29) is 6.10 Å². The number of ether oxygens (including phenoxy) is 1. The lowest BCUT2D eigenvalue weighted by molar-refractivity contribution is 0.230. The first-order chi connectivity index (χ1) is 8.74. The lowest BCUT2D eigenvalue weighted by atomic mass is 10.0. The van der Waals surface area contributed by atoms with Crippen LogP contribution in [0.2, 0.25) is 0 Å². The van der Waals surface area contributed by atoms with Crippen molar-refractivity contribution in [1.29, 1.82) is 0 Å². The number of hydrogen-bond acceptors (Lipinski definition) is 2. The molecule has 0 N–H and O–H groups in total. The topological polar surface area (TPSA) is 22.1 Å². The van der Waals surface area contributed by atoms with E-state index in [4.69, 9.17) is 4.74 Å². The van der Waals surface area contributed by atoms with Gasteiger partial charge in [0, 0.05) is 17.7 Å². The Morgan fingerprint density at radius 3 is 2.61 bits per heavy atom. The van der Waals surface area contributed by atoms with Gasteiger partial charge in [-0.1, -0.05) is 50.2 Å². The van der Waals surface area contributed by atoms with Crippen LogP contribution < -0.4 is 4.74 Å². The quantitative estimate of drug-likeness (QED) is 0.793. The molecule has 0 spiro atoms. The summed E-state index contributed by atoms with van der Waals surface area (Å²) in [6.07, 6.45) is 1.04. The Kier molecular flexibility index (Phi) is 2.78. The Morgan fingerprint density at radius 2 is 1.89 bits per heavy atom. The van der Waals surface area contributed by atoms with Gasteiger partial charge in [-0.2, -0.15) is 0 Å². The minimum absolute atomic E-state index is 0.121. The molecule has 2 heteroatoms. The Hall–Kier alpha value is -1.83. The highest BCUT2D eigenvalue weighted by Gasteiger charge is 2.25. The molecule has 0 bridgehead atoms. The molecule has 3 rings (SSSR count). The summed E-state index contributed by atoms with van der Waals surface area (Å²) >= 11 is 0. The third kappa shape index (κ3) is 1.99. The monoisotopic (exact) mass is 239 g/mol. The van der Waals surface area contributed by atoms with Gasteiger partial charge >= 0.3 is 0 Å². The standard InChI is InChI=1S/C16H17NO/c1-11(2)14-9-8-13-10-15(18-16(13)17-14)12-6-4-3-5-7-12/h3-9,11,15H,10H2,1-2H3. The molecule has 92 valence electrons. The van der Waals surface area contributed by atoms with E-state index in [0.717, 1.165) is 18.0 Å². The summed E-state index contributed by atoms with van der Waals surface area (Å²) in [5.74, 6) is 1.25. The minimum Gasteiger partial charge on any atom is -0.469 e. The van der Waals surface area contributed by atoms with E-state index in [9.17, 15) is 0 Å². The van der Waals surface area contributed by atoms with Crippen LogP contribution in [0.5, 0.6) is 5.88 Å². The van der Waals surface area contributed by atoms with Gasteiger partial charge in [-0.15, -0.1) is 0 Å². The molecular weight excluding hydrogens is 222 g/mol. The highest BCUT2D eigenvalue weighted by Crippen LogP contribution is 2.35. The summed E-state index contributed by atoms with van der Waals surface area (Å²) in [5.41, 5.74) is 3.54. The molecule has 0 radical (unpaired) electrons. The van der Waals surface area contributed by atoms with Gasteiger partial charge in [0.1, 0.15) is 6.10 Å². The third-order valence-electron chi connectivity index (χ3n) is 3.38. The summed E-state index contributed by atoms with van der Waals surface area (Å²) in [6.45, 7) is 4.30. The number of pyridine rings is 1. The molecule has 2 nitrogen and oxygen atoms in total. The Labute approximate surface area is 108 Å². The van der Waals surface area contributed by atoms with Gasteiger partial charge in [0.25, 0.3) is 0 Å². The third-order valence-corrected chi connectivity index (χ3v) is 3.38. The summed E-state index contributed by atoms with van der Waals surface area (Å²) < 4.78 is 5.97. The molecule has 1 unspecified atom stereocenters. The second-order valence-electron chi connectivity index (χ2n) is 5.08. The molecule has 1 aromatic heterocycles. The van der Waals surface area contributed by atoms with Crippen molar-refractivity contribution in [3.8, 4) is 5.88 Å². The van der Waals surface area contributed by atoms with Gasteiger partial charge in [0.05, 0.1) is 0 Å². The van der Waals surface area contributed by atoms with Crippen LogP contribution in [0, 0.1) is 0 Å². The van der Waals surface area contributed by atoms with E-state index in [1.54, 1.807) is 0 Å². The van der Waals surface area contributed by atoms with Crippen molar-refractivity contribution in [2.75, 3.05) is 0 Å². The van der Waals surface area contributed by atoms with Crippen LogP contribution in [0.3, 0.4) is 0 Å². The SMILES string of the molecule is CC(C)c1ccc2c(n1)OC(c1ccccc1)C2. The Bertz CT molecular complexity index is 548. The first-order valence-electron chi connectivity index (χ1n) is 6.45. The van der Waals surface area contributed by atoms with E-state index in [1.165, 1.54) is 11.1 Å². The predicted molar refractivity (Wildman–Crippen MR) is 71.8 cm³/mol. The largest absolute Gasteiger partial charge is 0.469 e. The zero-order valence-corrected chi connectivity index (χ0v) is 10.8. The van der Waals surface area contributed by atoms with Crippen molar-refractivity contribution in [3.63, 3.8) is 0 Å². The highest BCUT2D eigenvalue weighted by molar-refractivity contribution is 5.36. The van der Waals surface area contributed by atoms with Gasteiger partial charge in [-0.25, -0.2) is 4.98 Å². The van der Waals surface area contributed by atoms with E-state index < -0.39 is 0 Å². The summed E-state index contributed by atoms with van der Waals surface area (Å²) in [4.78, 5) is 4.61. The van der Waals surface area contributed by atoms with Crippen LogP contribution in [0.15, 0.2) is 42.5 Å². The molecule has 1 aliphatic rings. The van der Waals surface area contributed by atoms with Gasteiger partial charge < -0.3 is 4.74 Å². The first kappa shape index (κ1) is 11.3. The van der Waals surface area contributed by atoms with Crippen molar-refractivity contribution < 1.29 is 4.74 Å². The maximum absolute atomic E-state index is 5.97. The molecule has 18 heavy (non-hydrogen) atoms. The van der Waals surface area contributed by atoms with Gasteiger partial charge in [-0.3, -0.25) is 0 Å². The fourth-order valence-corrected chi connectivity index (χ4v) is 2.29. The zero-order valence-electron chi connectivity index (χ0n) is 10.8. The molecule has 0 saturated carbocycles. The van der Waals surface area contributed by atoms with Crippen molar-refractivity contribution >= 4 is 0 Å². The van der Waals surface area contributed by atoms with Crippen LogP contribution in [-0.4, -0.2) is 4.98 Å². The summed E-state index contributed by atoms with van der Waals surface area (Å²) in [5, 5.41) is 0. The molecule has 0 saturated heterocycles. The Morgan fingerprint density at radius 1 is 1.11 bits per heavy atom. The first-order valence-corrected chi connectivity index (χ1v) is 6.45. The fraction of sp³-hybridized carbons (Fsp3) is 0.312. The number of benzene rings is 1. The second kappa shape index (κ2) is 4.45. The maximum Gasteiger partial charge on any atom is 0.217 e. The highest BCUT2D eigenvalue weighted by atomic mass is 16.5. The molecule has 0 aliphatic carbocycles. The van der Waals surface area contributed by atoms with E-state index in [1.807, 2.05) is 6.07 Å². The number of fused-ring (bicyclic) bond motifs is 1. The van der Waals surface area contributed by atoms with Crippen LogP contribution in [0.1, 0.15) is 42.7 Å². The minimum atomic E-state index is 0.121. The summed E-state index contributed by atoms with van der Waals surface area (Å²) in [6, 6.07) is 14.6. The van der Waals surface area contributed by atoms with E-state index in [0.29, 0.717) is 5.92 Å². The van der Waals surface area contributed by atoms with Crippen LogP contribution in [0.4, 0.5) is 0 Å². The van der Waals surface area contributed by atoms with Crippen LogP contribution in [0.25, 0.3) is 0 Å². The molecule has 2 heterocycles. The number of aromatic nitrogens is 1. The van der Waals surface area contributed by atoms with Crippen LogP contribution >= 0.6 is 0 Å². The number of nitrogens with zero attached hydrogens (tertiary/aromatic N) is 1. The van der Waals surface area contributed by atoms with E-state index in [2.05, 4.69) is 55.2 Å². The van der Waals surface area contributed by atoms with Crippen molar-refractivity contribution in [2.45, 2.75) is 32.3 Å². The average molecular weight is 239 g/mol. The van der Waals surface area contributed by atoms with Gasteiger partial charge in [-0.05, 0) is 17.5 Å². The lowest BCUT2D eigenvalue weighted by Crippen LogP contribution is -2.03. The summed E-state index contributed by atoms with van der Waals surface area (Å²) in [7, 11) is 0.